The van der Waals surface area contributed by atoms with Crippen LogP contribution in [0, 0.1) is 16.7 Å². The van der Waals surface area contributed by atoms with Crippen LogP contribution in [-0.4, -0.2) is 106 Å². The molecule has 11 atom stereocenters. The van der Waals surface area contributed by atoms with Gasteiger partial charge in [0.25, 0.3) is 5.91 Å². The van der Waals surface area contributed by atoms with Crippen LogP contribution in [0.4, 0.5) is 4.79 Å². The zero-order chi connectivity index (χ0) is 48.6. The van der Waals surface area contributed by atoms with Crippen LogP contribution in [0.1, 0.15) is 86.7 Å². The maximum Gasteiger partial charge on any atom is 0.514 e. The molecule has 1 amide bonds. The van der Waals surface area contributed by atoms with Gasteiger partial charge in [0.05, 0.1) is 35.9 Å². The first kappa shape index (κ1) is 48.2. The lowest BCUT2D eigenvalue weighted by Gasteiger charge is -2.67. The molecule has 1 aliphatic heterocycles. The number of rotatable bonds is 12. The van der Waals surface area contributed by atoms with Crippen LogP contribution in [0.15, 0.2) is 115 Å². The van der Waals surface area contributed by atoms with E-state index in [1.54, 1.807) is 66.7 Å². The van der Waals surface area contributed by atoms with E-state index in [1.807, 2.05) is 0 Å². The quantitative estimate of drug-likeness (QED) is 0.0934. The van der Waals surface area contributed by atoms with Gasteiger partial charge >= 0.3 is 30.0 Å². The Bertz CT molecular complexity index is 2470. The molecule has 1 saturated heterocycles. The van der Waals surface area contributed by atoms with Crippen molar-refractivity contribution in [3.05, 3.63) is 132 Å². The fourth-order valence-electron chi connectivity index (χ4n) is 10.5. The lowest BCUT2D eigenvalue weighted by Crippen LogP contribution is -2.82. The number of carbonyl (C=O) groups is 7. The highest BCUT2D eigenvalue weighted by Gasteiger charge is 2.78. The zero-order valence-electron chi connectivity index (χ0n) is 37.8. The minimum atomic E-state index is -2.47. The second kappa shape index (κ2) is 18.5. The fraction of sp³-hybridized carbons (Fsp3) is 0.420. The van der Waals surface area contributed by atoms with Crippen LogP contribution in [-0.2, 0) is 52.3 Å². The van der Waals surface area contributed by atoms with Gasteiger partial charge in [-0.15, -0.1) is 0 Å². The van der Waals surface area contributed by atoms with E-state index in [2.05, 4.69) is 11.9 Å². The van der Waals surface area contributed by atoms with E-state index >= 15 is 4.79 Å². The van der Waals surface area contributed by atoms with Gasteiger partial charge in [0.1, 0.15) is 30.0 Å². The summed E-state index contributed by atoms with van der Waals surface area (Å²) in [5, 5.41) is 28.7. The highest BCUT2D eigenvalue weighted by molar-refractivity contribution is 5.96. The molecule has 17 heteroatoms. The summed E-state index contributed by atoms with van der Waals surface area (Å²) in [5.74, 6) is -7.14. The first-order chi connectivity index (χ1) is 31.7. The Hall–Kier alpha value is -6.69. The molecule has 1 heterocycles. The number of carbonyl (C=O) groups excluding carboxylic acids is 7. The molecule has 17 nitrogen and oxygen atoms in total. The standard InChI is InChI=1S/C50H53NO16/c1-8-61-46(59)65-39(37(30-18-12-9-13-19-30)51-43(56)31-20-14-10-15-21-31)45(58)64-33-25-50(60)42(66-44(57)32-22-16-11-17-23-32)40-48(7,34(54)24-35-49(40,26-62-35)67-29(4)53)41(55)38(63-28(3)52)36(27(33)2)47(50,5)6/h8-23,33-35,37-40,42,54,60H,1,24-26H2,2-7H3,(H,51,56)/t33-,34-,35+,37-,38+,39+,40-,42-,48+,49-,50+/m0/s1. The Labute approximate surface area is 386 Å². The van der Waals surface area contributed by atoms with Crippen molar-refractivity contribution in [1.82, 2.24) is 5.32 Å². The van der Waals surface area contributed by atoms with Crippen molar-refractivity contribution in [2.45, 2.75) is 108 Å². The lowest BCUT2D eigenvalue weighted by atomic mass is 9.44. The van der Waals surface area contributed by atoms with Gasteiger partial charge in [-0.05, 0) is 54.8 Å². The molecule has 67 heavy (non-hydrogen) atoms. The lowest BCUT2D eigenvalue weighted by molar-refractivity contribution is -0.346. The van der Waals surface area contributed by atoms with Gasteiger partial charge in [0.15, 0.2) is 17.5 Å². The molecule has 2 saturated carbocycles. The number of esters is 4. The average Bonchev–Trinajstić information content (AvgIpc) is 3.29. The third-order valence-corrected chi connectivity index (χ3v) is 13.9. The first-order valence-electron chi connectivity index (χ1n) is 21.7. The minimum absolute atomic E-state index is 0.0396. The molecule has 3 fully saturated rings. The van der Waals surface area contributed by atoms with Crippen LogP contribution in [0.3, 0.4) is 0 Å². The van der Waals surface area contributed by atoms with Crippen LogP contribution in [0.2, 0.25) is 0 Å². The Morgan fingerprint density at radius 1 is 0.851 bits per heavy atom. The van der Waals surface area contributed by atoms with Gasteiger partial charge < -0.3 is 48.7 Å². The SMILES string of the molecule is C=COC(=O)O[C@@H](C(=O)O[C@H]1C[C@@]2(O)[C@@H](OC(=O)c3ccccc3)[C@@H]3[C@]4(OC(C)=O)CO[C@@H]4C[C@H](O)[C@@]3(C)C(=O)[C@H](OC(C)=O)C(=C1C)C2(C)C)[C@@H](NC(=O)c1ccccc1)c1ccccc1. The molecular formula is C50H53NO16. The first-order valence-corrected chi connectivity index (χ1v) is 21.7. The third kappa shape index (κ3) is 8.51. The van der Waals surface area contributed by atoms with Gasteiger partial charge in [-0.25, -0.2) is 14.4 Å². The topological polar surface area (TPSA) is 237 Å². The molecule has 2 bridgehead atoms. The number of amides is 1. The van der Waals surface area contributed by atoms with Crippen LogP contribution in [0.25, 0.3) is 0 Å². The molecule has 3 aromatic rings. The Kier molecular flexibility index (Phi) is 13.3. The van der Waals surface area contributed by atoms with Gasteiger partial charge in [-0.3, -0.25) is 19.2 Å². The number of ether oxygens (including phenoxy) is 7. The van der Waals surface area contributed by atoms with Crippen molar-refractivity contribution in [1.29, 1.82) is 0 Å². The van der Waals surface area contributed by atoms with Gasteiger partial charge in [-0.2, -0.15) is 0 Å². The van der Waals surface area contributed by atoms with E-state index in [-0.39, 0.29) is 35.3 Å². The smallest absolute Gasteiger partial charge is 0.455 e. The number of aliphatic hydroxyl groups excluding tert-OH is 1. The van der Waals surface area contributed by atoms with Crippen molar-refractivity contribution in [3.8, 4) is 0 Å². The monoisotopic (exact) mass is 923 g/mol. The van der Waals surface area contributed by atoms with Crippen molar-refractivity contribution in [2.75, 3.05) is 6.61 Å². The summed E-state index contributed by atoms with van der Waals surface area (Å²) in [7, 11) is 0. The summed E-state index contributed by atoms with van der Waals surface area (Å²) in [6.07, 6.45) is -11.5. The number of nitrogens with one attached hydrogen (secondary N) is 1. The van der Waals surface area contributed by atoms with Gasteiger partial charge in [0, 0.05) is 37.7 Å². The van der Waals surface area contributed by atoms with Crippen molar-refractivity contribution < 1.29 is 76.9 Å². The Morgan fingerprint density at radius 2 is 1.45 bits per heavy atom. The molecule has 0 aromatic heterocycles. The van der Waals surface area contributed by atoms with E-state index < -0.39 is 119 Å². The molecule has 7 rings (SSSR count). The van der Waals surface area contributed by atoms with E-state index in [0.717, 1.165) is 20.1 Å². The predicted octanol–water partition coefficient (Wildman–Crippen LogP) is 5.04. The van der Waals surface area contributed by atoms with Crippen molar-refractivity contribution in [3.63, 3.8) is 0 Å². The second-order valence-electron chi connectivity index (χ2n) is 18.0. The van der Waals surface area contributed by atoms with Crippen molar-refractivity contribution in [2.24, 2.45) is 16.7 Å². The van der Waals surface area contributed by atoms with Crippen LogP contribution >= 0.6 is 0 Å². The van der Waals surface area contributed by atoms with Crippen LogP contribution < -0.4 is 5.32 Å². The number of hydrogen-bond donors (Lipinski definition) is 3. The highest BCUT2D eigenvalue weighted by atomic mass is 16.7. The number of hydrogen-bond acceptors (Lipinski definition) is 16. The van der Waals surface area contributed by atoms with Gasteiger partial charge in [0.2, 0.25) is 6.10 Å². The summed E-state index contributed by atoms with van der Waals surface area (Å²) in [6, 6.07) is 22.4. The molecule has 4 aliphatic rings. The van der Waals surface area contributed by atoms with Crippen LogP contribution in [0.5, 0.6) is 0 Å². The summed E-state index contributed by atoms with van der Waals surface area (Å²) in [5.41, 5.74) is -7.53. The molecule has 354 valence electrons. The van der Waals surface area contributed by atoms with E-state index in [0.29, 0.717) is 5.56 Å². The summed E-state index contributed by atoms with van der Waals surface area (Å²) < 4.78 is 41.0. The second-order valence-corrected chi connectivity index (χ2v) is 18.0. The molecule has 0 spiro atoms. The van der Waals surface area contributed by atoms with Crippen molar-refractivity contribution >= 4 is 41.7 Å². The Balaban J connectivity index is 1.43. The van der Waals surface area contributed by atoms with E-state index in [9.17, 15) is 39.0 Å². The maximum absolute atomic E-state index is 15.6. The number of Topliss-reactive ketones (excluding diaryl/α,β-unsaturated/α-hetero) is 1. The molecule has 0 radical (unpaired) electrons. The summed E-state index contributed by atoms with van der Waals surface area (Å²) >= 11 is 0. The summed E-state index contributed by atoms with van der Waals surface area (Å²) in [4.78, 5) is 98.0. The van der Waals surface area contributed by atoms with E-state index in [1.165, 1.54) is 52.0 Å². The average molecular weight is 924 g/mol. The molecule has 3 aliphatic carbocycles. The highest BCUT2D eigenvalue weighted by Crippen LogP contribution is 2.64. The molecular weight excluding hydrogens is 871 g/mol. The molecule has 3 N–H and O–H groups in total. The molecule has 3 aromatic carbocycles. The maximum atomic E-state index is 15.6. The normalized spacial score (nSPS) is 30.1. The third-order valence-electron chi connectivity index (χ3n) is 13.9. The zero-order valence-corrected chi connectivity index (χ0v) is 37.8. The minimum Gasteiger partial charge on any atom is -0.455 e. The number of ketones is 1. The Morgan fingerprint density at radius 3 is 2.00 bits per heavy atom. The van der Waals surface area contributed by atoms with Gasteiger partial charge in [-0.1, -0.05) is 87.2 Å². The number of benzene rings is 3. The largest absolute Gasteiger partial charge is 0.514 e. The van der Waals surface area contributed by atoms with E-state index in [4.69, 9.17) is 33.2 Å². The predicted molar refractivity (Wildman–Crippen MR) is 233 cm³/mol. The number of fused-ring (bicyclic) bond motifs is 5. The summed E-state index contributed by atoms with van der Waals surface area (Å²) in [6.45, 7) is 11.2. The number of aliphatic hydroxyl groups is 2. The fourth-order valence-corrected chi connectivity index (χ4v) is 10.5. The molecule has 0 unspecified atom stereocenters.